The summed E-state index contributed by atoms with van der Waals surface area (Å²) < 4.78 is 19.1. The molecule has 0 spiro atoms. The Morgan fingerprint density at radius 2 is 2.27 bits per heavy atom. The Bertz CT molecular complexity index is 382. The number of ketones is 1. The van der Waals surface area contributed by atoms with Crippen LogP contribution in [0.25, 0.3) is 0 Å². The average molecular weight is 276 g/mol. The van der Waals surface area contributed by atoms with Crippen molar-refractivity contribution in [3.63, 3.8) is 0 Å². The molecule has 0 atom stereocenters. The maximum atomic E-state index is 13.6. The van der Waals surface area contributed by atoms with Crippen molar-refractivity contribution in [1.82, 2.24) is 5.32 Å². The Labute approximate surface area is 95.7 Å². The fraction of sp³-hybridized carbons (Fsp3) is 0.300. The van der Waals surface area contributed by atoms with Gasteiger partial charge in [-0.3, -0.25) is 4.79 Å². The van der Waals surface area contributed by atoms with Gasteiger partial charge in [-0.15, -0.1) is 0 Å². The van der Waals surface area contributed by atoms with Crippen molar-refractivity contribution in [3.8, 4) is 5.75 Å². The largest absolute Gasteiger partial charge is 0.494 e. The van der Waals surface area contributed by atoms with Crippen LogP contribution in [0.1, 0.15) is 10.4 Å². The smallest absolute Gasteiger partial charge is 0.179 e. The van der Waals surface area contributed by atoms with E-state index in [1.54, 1.807) is 7.05 Å². The Morgan fingerprint density at radius 3 is 2.80 bits per heavy atom. The molecule has 0 aliphatic rings. The van der Waals surface area contributed by atoms with Crippen molar-refractivity contribution in [2.45, 2.75) is 0 Å². The highest BCUT2D eigenvalue weighted by molar-refractivity contribution is 9.10. The van der Waals surface area contributed by atoms with E-state index in [9.17, 15) is 9.18 Å². The van der Waals surface area contributed by atoms with Gasteiger partial charge in [0.1, 0.15) is 0 Å². The molecule has 0 heterocycles. The van der Waals surface area contributed by atoms with E-state index < -0.39 is 5.82 Å². The molecule has 0 fully saturated rings. The van der Waals surface area contributed by atoms with E-state index in [2.05, 4.69) is 21.2 Å². The third-order valence-corrected chi connectivity index (χ3v) is 2.32. The number of carbonyl (C=O) groups is 1. The number of Topliss-reactive ketones (excluding diaryl/α,β-unsaturated/α-hetero) is 1. The van der Waals surface area contributed by atoms with Gasteiger partial charge in [0.15, 0.2) is 17.3 Å². The molecule has 15 heavy (non-hydrogen) atoms. The zero-order chi connectivity index (χ0) is 11.4. The van der Waals surface area contributed by atoms with Gasteiger partial charge in [0.2, 0.25) is 0 Å². The van der Waals surface area contributed by atoms with Crippen LogP contribution in [0.3, 0.4) is 0 Å². The minimum absolute atomic E-state index is 0.0237. The number of hydrogen-bond donors (Lipinski definition) is 1. The van der Waals surface area contributed by atoms with Crippen molar-refractivity contribution in [1.29, 1.82) is 0 Å². The number of rotatable bonds is 4. The van der Waals surface area contributed by atoms with Crippen LogP contribution in [0, 0.1) is 5.82 Å². The van der Waals surface area contributed by atoms with Gasteiger partial charge in [-0.2, -0.15) is 0 Å². The van der Waals surface area contributed by atoms with Crippen LogP contribution in [-0.2, 0) is 0 Å². The standard InChI is InChI=1S/C10H11BrFNO2/c1-13-5-8(14)7-3-6(11)4-9(15-2)10(7)12/h3-4,13H,5H2,1-2H3. The van der Waals surface area contributed by atoms with Gasteiger partial charge in [-0.05, 0) is 19.2 Å². The molecule has 1 aromatic rings. The lowest BCUT2D eigenvalue weighted by atomic mass is 10.1. The third-order valence-electron chi connectivity index (χ3n) is 1.86. The normalized spacial score (nSPS) is 10.1. The van der Waals surface area contributed by atoms with E-state index >= 15 is 0 Å². The second-order valence-electron chi connectivity index (χ2n) is 2.92. The topological polar surface area (TPSA) is 38.3 Å². The maximum Gasteiger partial charge on any atom is 0.179 e. The molecule has 1 rings (SSSR count). The minimum atomic E-state index is -0.624. The molecular weight excluding hydrogens is 265 g/mol. The highest BCUT2D eigenvalue weighted by Gasteiger charge is 2.16. The Hall–Kier alpha value is -0.940. The van der Waals surface area contributed by atoms with Gasteiger partial charge in [0, 0.05) is 4.47 Å². The molecule has 0 aliphatic carbocycles. The Morgan fingerprint density at radius 1 is 1.60 bits per heavy atom. The van der Waals surface area contributed by atoms with E-state index in [4.69, 9.17) is 4.74 Å². The molecule has 0 aliphatic heterocycles. The van der Waals surface area contributed by atoms with Crippen molar-refractivity contribution in [3.05, 3.63) is 28.0 Å². The number of carbonyl (C=O) groups excluding carboxylic acids is 1. The third kappa shape index (κ3) is 2.76. The molecule has 0 aromatic heterocycles. The Balaban J connectivity index is 3.17. The summed E-state index contributed by atoms with van der Waals surface area (Å²) in [5.41, 5.74) is 0.0237. The lowest BCUT2D eigenvalue weighted by Crippen LogP contribution is -2.19. The highest BCUT2D eigenvalue weighted by atomic mass is 79.9. The number of nitrogens with one attached hydrogen (secondary N) is 1. The summed E-state index contributed by atoms with van der Waals surface area (Å²) in [5.74, 6) is -0.876. The fourth-order valence-electron chi connectivity index (χ4n) is 1.17. The van der Waals surface area contributed by atoms with E-state index in [1.165, 1.54) is 19.2 Å². The van der Waals surface area contributed by atoms with Crippen molar-refractivity contribution in [2.75, 3.05) is 20.7 Å². The van der Waals surface area contributed by atoms with E-state index in [0.29, 0.717) is 4.47 Å². The molecule has 1 N–H and O–H groups in total. The average Bonchev–Trinajstić information content (AvgIpc) is 2.21. The molecule has 82 valence electrons. The zero-order valence-electron chi connectivity index (χ0n) is 8.43. The first-order valence-corrected chi connectivity index (χ1v) is 5.10. The predicted molar refractivity (Wildman–Crippen MR) is 58.9 cm³/mol. The fourth-order valence-corrected chi connectivity index (χ4v) is 1.61. The molecule has 5 heteroatoms. The number of benzene rings is 1. The van der Waals surface area contributed by atoms with Crippen LogP contribution >= 0.6 is 15.9 Å². The molecule has 0 amide bonds. The summed E-state index contributed by atoms with van der Waals surface area (Å²) >= 11 is 3.19. The molecule has 0 radical (unpaired) electrons. The van der Waals surface area contributed by atoms with Crippen LogP contribution in [0.5, 0.6) is 5.75 Å². The highest BCUT2D eigenvalue weighted by Crippen LogP contribution is 2.26. The predicted octanol–water partition coefficient (Wildman–Crippen LogP) is 2.00. The number of halogens is 2. The van der Waals surface area contributed by atoms with E-state index in [0.717, 1.165) is 0 Å². The molecule has 0 saturated heterocycles. The summed E-state index contributed by atoms with van der Waals surface area (Å²) in [7, 11) is 2.99. The summed E-state index contributed by atoms with van der Waals surface area (Å²) in [4.78, 5) is 11.5. The van der Waals surface area contributed by atoms with Gasteiger partial charge in [-0.1, -0.05) is 15.9 Å². The van der Waals surface area contributed by atoms with Gasteiger partial charge < -0.3 is 10.1 Å². The van der Waals surface area contributed by atoms with Gasteiger partial charge in [0.25, 0.3) is 0 Å². The first kappa shape index (κ1) is 12.1. The molecule has 0 bridgehead atoms. The number of likely N-dealkylation sites (N-methyl/N-ethyl adjacent to an activating group) is 1. The molecule has 1 aromatic carbocycles. The molecule has 0 saturated carbocycles. The zero-order valence-corrected chi connectivity index (χ0v) is 10.0. The number of methoxy groups -OCH3 is 1. The van der Waals surface area contributed by atoms with Crippen LogP contribution in [-0.4, -0.2) is 26.5 Å². The summed E-state index contributed by atoms with van der Waals surface area (Å²) in [6.07, 6.45) is 0. The van der Waals surface area contributed by atoms with Crippen LogP contribution in [0.2, 0.25) is 0 Å². The van der Waals surface area contributed by atoms with Crippen molar-refractivity contribution in [2.24, 2.45) is 0 Å². The van der Waals surface area contributed by atoms with Gasteiger partial charge in [0.05, 0.1) is 19.2 Å². The molecule has 3 nitrogen and oxygen atoms in total. The summed E-state index contributed by atoms with van der Waals surface area (Å²) in [6.45, 7) is 0.0938. The lowest BCUT2D eigenvalue weighted by molar-refractivity contribution is 0.0989. The van der Waals surface area contributed by atoms with Crippen LogP contribution in [0.4, 0.5) is 4.39 Å². The summed E-state index contributed by atoms with van der Waals surface area (Å²) in [5, 5.41) is 2.68. The number of hydrogen-bond acceptors (Lipinski definition) is 3. The molecular formula is C10H11BrFNO2. The first-order chi connectivity index (χ1) is 7.10. The maximum absolute atomic E-state index is 13.6. The van der Waals surface area contributed by atoms with Crippen LogP contribution in [0.15, 0.2) is 16.6 Å². The lowest BCUT2D eigenvalue weighted by Gasteiger charge is -2.07. The van der Waals surface area contributed by atoms with Crippen LogP contribution < -0.4 is 10.1 Å². The second kappa shape index (κ2) is 5.23. The monoisotopic (exact) mass is 275 g/mol. The van der Waals surface area contributed by atoms with Gasteiger partial charge in [-0.25, -0.2) is 4.39 Å². The molecule has 0 unspecified atom stereocenters. The first-order valence-electron chi connectivity index (χ1n) is 4.31. The van der Waals surface area contributed by atoms with Crippen molar-refractivity contribution >= 4 is 21.7 Å². The van der Waals surface area contributed by atoms with E-state index in [-0.39, 0.29) is 23.6 Å². The number of ether oxygens (including phenoxy) is 1. The van der Waals surface area contributed by atoms with Crippen molar-refractivity contribution < 1.29 is 13.9 Å². The van der Waals surface area contributed by atoms with Gasteiger partial charge >= 0.3 is 0 Å². The minimum Gasteiger partial charge on any atom is -0.494 e. The van der Waals surface area contributed by atoms with E-state index in [1.807, 2.05) is 0 Å². The SMILES string of the molecule is CNCC(=O)c1cc(Br)cc(OC)c1F. The Kier molecular flexibility index (Phi) is 4.23. The second-order valence-corrected chi connectivity index (χ2v) is 3.84. The summed E-state index contributed by atoms with van der Waals surface area (Å²) in [6, 6.07) is 2.92. The quantitative estimate of drug-likeness (QED) is 0.855.